The zero-order valence-corrected chi connectivity index (χ0v) is 16.8. The Balaban J connectivity index is 1.59. The van der Waals surface area contributed by atoms with Crippen LogP contribution in [-0.2, 0) is 28.7 Å². The van der Waals surface area contributed by atoms with Gasteiger partial charge in [-0.05, 0) is 29.8 Å². The molecule has 150 valence electrons. The number of H-pyrrole nitrogens is 1. The first-order valence-corrected chi connectivity index (χ1v) is 10.9. The van der Waals surface area contributed by atoms with Gasteiger partial charge in [0, 0.05) is 25.1 Å². The van der Waals surface area contributed by atoms with Crippen molar-refractivity contribution in [2.75, 3.05) is 13.7 Å². The molecule has 1 aromatic heterocycles. The molecule has 0 saturated carbocycles. The number of hydrogen-bond acceptors (Lipinski definition) is 5. The van der Waals surface area contributed by atoms with Gasteiger partial charge in [0.1, 0.15) is 11.6 Å². The normalized spacial score (nSPS) is 14.4. The Kier molecular flexibility index (Phi) is 5.21. The quantitative estimate of drug-likeness (QED) is 0.696. The van der Waals surface area contributed by atoms with Crippen molar-refractivity contribution in [2.45, 2.75) is 18.7 Å². The topological polar surface area (TPSA) is 92.4 Å². The molecule has 4 rings (SSSR count). The molecule has 3 aromatic rings. The minimum absolute atomic E-state index is 0.0374. The van der Waals surface area contributed by atoms with E-state index in [9.17, 15) is 13.2 Å². The van der Waals surface area contributed by atoms with Crippen molar-refractivity contribution in [3.05, 3.63) is 81.8 Å². The largest absolute Gasteiger partial charge is 0.497 e. The predicted molar refractivity (Wildman–Crippen MR) is 110 cm³/mol. The fraction of sp³-hybridized carbons (Fsp3) is 0.238. The Hall–Kier alpha value is -2.97. The van der Waals surface area contributed by atoms with Crippen LogP contribution in [0.15, 0.2) is 59.4 Å². The molecule has 0 amide bonds. The van der Waals surface area contributed by atoms with Crippen LogP contribution in [0.4, 0.5) is 0 Å². The van der Waals surface area contributed by atoms with Crippen LogP contribution in [0.2, 0.25) is 0 Å². The number of methoxy groups -OCH3 is 1. The van der Waals surface area contributed by atoms with Crippen LogP contribution in [0, 0.1) is 0 Å². The molecule has 0 radical (unpaired) electrons. The Morgan fingerprint density at radius 2 is 1.83 bits per heavy atom. The molecule has 7 nitrogen and oxygen atoms in total. The molecule has 0 unspecified atom stereocenters. The van der Waals surface area contributed by atoms with Gasteiger partial charge in [-0.3, -0.25) is 4.79 Å². The third kappa shape index (κ3) is 4.08. The van der Waals surface area contributed by atoms with Crippen molar-refractivity contribution in [1.82, 2.24) is 14.3 Å². The molecular weight excluding hydrogens is 390 g/mol. The summed E-state index contributed by atoms with van der Waals surface area (Å²) in [6.45, 7) is 0.344. The minimum Gasteiger partial charge on any atom is -0.497 e. The van der Waals surface area contributed by atoms with E-state index in [2.05, 4.69) is 9.97 Å². The first kappa shape index (κ1) is 19.4. The van der Waals surface area contributed by atoms with Crippen molar-refractivity contribution in [1.29, 1.82) is 0 Å². The summed E-state index contributed by atoms with van der Waals surface area (Å²) in [5.41, 5.74) is 2.24. The average molecular weight is 411 g/mol. The molecule has 8 heteroatoms. The van der Waals surface area contributed by atoms with Gasteiger partial charge in [0.05, 0.1) is 24.1 Å². The summed E-state index contributed by atoms with van der Waals surface area (Å²) in [6, 6.07) is 16.3. The summed E-state index contributed by atoms with van der Waals surface area (Å²) in [7, 11) is -1.94. The molecule has 0 bridgehead atoms. The number of sulfonamides is 1. The fourth-order valence-corrected chi connectivity index (χ4v) is 4.89. The van der Waals surface area contributed by atoms with Gasteiger partial charge in [-0.2, -0.15) is 4.31 Å². The summed E-state index contributed by atoms with van der Waals surface area (Å²) >= 11 is 0. The van der Waals surface area contributed by atoms with Crippen LogP contribution in [0.1, 0.15) is 16.8 Å². The van der Waals surface area contributed by atoms with Crippen LogP contribution in [0.5, 0.6) is 5.75 Å². The second-order valence-corrected chi connectivity index (χ2v) is 8.86. The monoisotopic (exact) mass is 411 g/mol. The zero-order valence-electron chi connectivity index (χ0n) is 16.0. The number of nitrogens with one attached hydrogen (secondary N) is 1. The smallest absolute Gasteiger partial charge is 0.255 e. The third-order valence-corrected chi connectivity index (χ3v) is 6.78. The van der Waals surface area contributed by atoms with Gasteiger partial charge < -0.3 is 9.72 Å². The SMILES string of the molecule is COc1ccc(-c2nc3c(c(=O)[nH]2)CN(S(=O)(=O)Cc2ccccc2)CC3)cc1. The molecule has 29 heavy (non-hydrogen) atoms. The van der Waals surface area contributed by atoms with Crippen LogP contribution >= 0.6 is 0 Å². The maximum Gasteiger partial charge on any atom is 0.255 e. The van der Waals surface area contributed by atoms with Gasteiger partial charge in [-0.15, -0.1) is 0 Å². The number of fused-ring (bicyclic) bond motifs is 1. The van der Waals surface area contributed by atoms with E-state index in [1.807, 2.05) is 30.3 Å². The Labute approximate surface area is 169 Å². The summed E-state index contributed by atoms with van der Waals surface area (Å²) in [5.74, 6) is 1.10. The van der Waals surface area contributed by atoms with E-state index in [0.717, 1.165) is 11.1 Å². The molecule has 2 heterocycles. The standard InChI is InChI=1S/C21H21N3O4S/c1-28-17-9-7-16(8-10-17)20-22-19-11-12-24(13-18(19)21(25)23-20)29(26,27)14-15-5-3-2-4-6-15/h2-10H,11-14H2,1H3,(H,22,23,25). The zero-order chi connectivity index (χ0) is 20.4. The van der Waals surface area contributed by atoms with Crippen molar-refractivity contribution in [3.8, 4) is 17.1 Å². The molecule has 0 spiro atoms. The van der Waals surface area contributed by atoms with E-state index in [-0.39, 0.29) is 17.9 Å². The minimum atomic E-state index is -3.53. The molecule has 1 aliphatic rings. The van der Waals surface area contributed by atoms with E-state index < -0.39 is 10.0 Å². The van der Waals surface area contributed by atoms with Crippen LogP contribution in [0.25, 0.3) is 11.4 Å². The number of rotatable bonds is 5. The van der Waals surface area contributed by atoms with Gasteiger partial charge in [-0.25, -0.2) is 13.4 Å². The summed E-state index contributed by atoms with van der Waals surface area (Å²) < 4.78 is 32.1. The lowest BCUT2D eigenvalue weighted by atomic mass is 10.1. The molecular formula is C21H21N3O4S. The molecule has 0 aliphatic carbocycles. The number of nitrogens with zero attached hydrogens (tertiary/aromatic N) is 2. The third-order valence-electron chi connectivity index (χ3n) is 4.98. The van der Waals surface area contributed by atoms with Gasteiger partial charge in [-0.1, -0.05) is 30.3 Å². The number of hydrogen-bond donors (Lipinski definition) is 1. The average Bonchev–Trinajstić information content (AvgIpc) is 2.74. The predicted octanol–water partition coefficient (Wildman–Crippen LogP) is 2.33. The molecule has 2 aromatic carbocycles. The second-order valence-electron chi connectivity index (χ2n) is 6.89. The van der Waals surface area contributed by atoms with E-state index in [1.165, 1.54) is 4.31 Å². The number of benzene rings is 2. The van der Waals surface area contributed by atoms with Crippen LogP contribution in [0.3, 0.4) is 0 Å². The highest BCUT2D eigenvalue weighted by Gasteiger charge is 2.29. The maximum absolute atomic E-state index is 12.8. The molecule has 0 saturated heterocycles. The van der Waals surface area contributed by atoms with E-state index in [4.69, 9.17) is 4.74 Å². The number of aromatic amines is 1. The second kappa shape index (κ2) is 7.81. The summed E-state index contributed by atoms with van der Waals surface area (Å²) in [4.78, 5) is 20.0. The summed E-state index contributed by atoms with van der Waals surface area (Å²) in [5, 5.41) is 0. The van der Waals surface area contributed by atoms with Crippen molar-refractivity contribution in [3.63, 3.8) is 0 Å². The molecule has 1 N–H and O–H groups in total. The first-order valence-electron chi connectivity index (χ1n) is 9.24. The van der Waals surface area contributed by atoms with E-state index >= 15 is 0 Å². The number of aromatic nitrogens is 2. The first-order chi connectivity index (χ1) is 14.0. The van der Waals surface area contributed by atoms with Crippen molar-refractivity contribution >= 4 is 10.0 Å². The Bertz CT molecular complexity index is 1170. The maximum atomic E-state index is 12.8. The summed E-state index contributed by atoms with van der Waals surface area (Å²) in [6.07, 6.45) is 0.399. The Morgan fingerprint density at radius 1 is 1.10 bits per heavy atom. The highest BCUT2D eigenvalue weighted by Crippen LogP contribution is 2.23. The van der Waals surface area contributed by atoms with Gasteiger partial charge in [0.15, 0.2) is 0 Å². The highest BCUT2D eigenvalue weighted by molar-refractivity contribution is 7.88. The van der Waals surface area contributed by atoms with Crippen LogP contribution < -0.4 is 10.3 Å². The van der Waals surface area contributed by atoms with E-state index in [1.54, 1.807) is 31.4 Å². The van der Waals surface area contributed by atoms with Crippen LogP contribution in [-0.4, -0.2) is 36.3 Å². The van der Waals surface area contributed by atoms with Crippen molar-refractivity contribution < 1.29 is 13.2 Å². The highest BCUT2D eigenvalue weighted by atomic mass is 32.2. The lowest BCUT2D eigenvalue weighted by Crippen LogP contribution is -2.40. The molecule has 0 atom stereocenters. The van der Waals surface area contributed by atoms with Crippen molar-refractivity contribution in [2.24, 2.45) is 0 Å². The van der Waals surface area contributed by atoms with Gasteiger partial charge in [0.25, 0.3) is 5.56 Å². The lowest BCUT2D eigenvalue weighted by Gasteiger charge is -2.27. The van der Waals surface area contributed by atoms with Gasteiger partial charge in [0.2, 0.25) is 10.0 Å². The van der Waals surface area contributed by atoms with E-state index in [0.29, 0.717) is 35.8 Å². The lowest BCUT2D eigenvalue weighted by molar-refractivity contribution is 0.385. The Morgan fingerprint density at radius 3 is 2.52 bits per heavy atom. The fourth-order valence-electron chi connectivity index (χ4n) is 3.40. The molecule has 1 aliphatic heterocycles. The molecule has 0 fully saturated rings. The van der Waals surface area contributed by atoms with Gasteiger partial charge >= 0.3 is 0 Å². The number of ether oxygens (including phenoxy) is 1.